The molecule has 1 aromatic rings. The maximum atomic E-state index is 11.9. The molecule has 0 aromatic heterocycles. The summed E-state index contributed by atoms with van der Waals surface area (Å²) < 4.78 is 0.903. The second-order valence-electron chi connectivity index (χ2n) is 5.69. The van der Waals surface area contributed by atoms with Gasteiger partial charge in [-0.05, 0) is 66.8 Å². The van der Waals surface area contributed by atoms with Gasteiger partial charge in [-0.1, -0.05) is 19.1 Å². The minimum atomic E-state index is -0.869. The number of carboxylic acid groups (broad SMARTS) is 1. The summed E-state index contributed by atoms with van der Waals surface area (Å²) in [7, 11) is 0. The van der Waals surface area contributed by atoms with Crippen LogP contribution < -0.4 is 5.32 Å². The molecule has 4 nitrogen and oxygen atoms in total. The van der Waals surface area contributed by atoms with Crippen LogP contribution in [0.1, 0.15) is 32.6 Å². The summed E-state index contributed by atoms with van der Waals surface area (Å²) in [6.45, 7) is 5.03. The molecular weight excluding hydrogens is 332 g/mol. The molecule has 1 aliphatic rings. The molecule has 21 heavy (non-hydrogen) atoms. The molecule has 2 rings (SSSR count). The number of carboxylic acids is 1. The molecule has 116 valence electrons. The largest absolute Gasteiger partial charge is 0.480 e. The van der Waals surface area contributed by atoms with Gasteiger partial charge in [0.15, 0.2) is 0 Å². The average Bonchev–Trinajstić information content (AvgIpc) is 2.66. The second-order valence-corrected chi connectivity index (χ2v) is 6.54. The van der Waals surface area contributed by atoms with E-state index in [0.717, 1.165) is 42.6 Å². The number of nitrogens with one attached hydrogen (secondary N) is 1. The third-order valence-electron chi connectivity index (χ3n) is 4.13. The number of benzene rings is 1. The molecule has 1 saturated heterocycles. The van der Waals surface area contributed by atoms with E-state index in [1.165, 1.54) is 0 Å². The van der Waals surface area contributed by atoms with Crippen LogP contribution in [0.3, 0.4) is 0 Å². The van der Waals surface area contributed by atoms with Crippen LogP contribution in [0.25, 0.3) is 0 Å². The number of anilines is 1. The van der Waals surface area contributed by atoms with E-state index in [1.807, 2.05) is 24.3 Å². The molecule has 1 aromatic carbocycles. The Morgan fingerprint density at radius 3 is 2.81 bits per heavy atom. The average molecular weight is 355 g/mol. The van der Waals surface area contributed by atoms with Crippen molar-refractivity contribution in [2.45, 2.75) is 38.1 Å². The van der Waals surface area contributed by atoms with Crippen molar-refractivity contribution in [3.05, 3.63) is 28.7 Å². The number of para-hydroxylation sites is 1. The van der Waals surface area contributed by atoms with Crippen LogP contribution in [0.4, 0.5) is 5.69 Å². The van der Waals surface area contributed by atoms with Gasteiger partial charge in [-0.3, -0.25) is 0 Å². The molecule has 1 fully saturated rings. The standard InChI is InChI=1S/C16H23BrN2O2/c1-2-10-19-11-5-8-16(9-12-19,15(20)21)18-14-7-4-3-6-13(14)17/h3-4,6-7,18H,2,5,8-12H2,1H3,(H,20,21). The third kappa shape index (κ3) is 3.98. The number of rotatable bonds is 5. The number of halogens is 1. The first-order valence-electron chi connectivity index (χ1n) is 7.56. The zero-order valence-corrected chi connectivity index (χ0v) is 14.0. The fourth-order valence-corrected chi connectivity index (χ4v) is 3.33. The second kappa shape index (κ2) is 7.27. The first kappa shape index (κ1) is 16.3. The number of carbonyl (C=O) groups is 1. The number of likely N-dealkylation sites (tertiary alicyclic amines) is 1. The van der Waals surface area contributed by atoms with Gasteiger partial charge in [0, 0.05) is 16.7 Å². The number of nitrogens with zero attached hydrogens (tertiary/aromatic N) is 1. The maximum Gasteiger partial charge on any atom is 0.329 e. The van der Waals surface area contributed by atoms with E-state index in [9.17, 15) is 9.90 Å². The summed E-state index contributed by atoms with van der Waals surface area (Å²) in [5.74, 6) is -0.753. The smallest absolute Gasteiger partial charge is 0.329 e. The molecule has 0 amide bonds. The summed E-state index contributed by atoms with van der Waals surface area (Å²) in [6.07, 6.45) is 3.30. The molecular formula is C16H23BrN2O2. The van der Waals surface area contributed by atoms with Gasteiger partial charge in [0.05, 0.1) is 0 Å². The summed E-state index contributed by atoms with van der Waals surface area (Å²) >= 11 is 3.49. The van der Waals surface area contributed by atoms with Crippen LogP contribution in [0.2, 0.25) is 0 Å². The van der Waals surface area contributed by atoms with Crippen molar-refractivity contribution in [2.24, 2.45) is 0 Å². The molecule has 0 bridgehead atoms. The molecule has 0 saturated carbocycles. The summed E-state index contributed by atoms with van der Waals surface area (Å²) in [4.78, 5) is 14.3. The maximum absolute atomic E-state index is 11.9. The van der Waals surface area contributed by atoms with E-state index in [2.05, 4.69) is 33.1 Å². The topological polar surface area (TPSA) is 52.6 Å². The van der Waals surface area contributed by atoms with Crippen LogP contribution in [-0.4, -0.2) is 41.1 Å². The molecule has 2 N–H and O–H groups in total. The molecule has 0 radical (unpaired) electrons. The van der Waals surface area contributed by atoms with Crippen LogP contribution >= 0.6 is 15.9 Å². The number of hydrogen-bond acceptors (Lipinski definition) is 3. The Bertz CT molecular complexity index is 495. The molecule has 1 aliphatic heterocycles. The Morgan fingerprint density at radius 1 is 1.38 bits per heavy atom. The minimum absolute atomic E-state index is 0.629. The minimum Gasteiger partial charge on any atom is -0.480 e. The van der Waals surface area contributed by atoms with Gasteiger partial charge in [0.25, 0.3) is 0 Å². The zero-order valence-electron chi connectivity index (χ0n) is 12.4. The SMILES string of the molecule is CCCN1CCCC(Nc2ccccc2Br)(C(=O)O)CC1. The van der Waals surface area contributed by atoms with Gasteiger partial charge in [0.2, 0.25) is 0 Å². The molecule has 1 unspecified atom stereocenters. The van der Waals surface area contributed by atoms with Gasteiger partial charge in [-0.25, -0.2) is 4.79 Å². The summed E-state index contributed by atoms with van der Waals surface area (Å²) in [5.41, 5.74) is -0.0179. The van der Waals surface area contributed by atoms with Crippen molar-refractivity contribution >= 4 is 27.6 Å². The van der Waals surface area contributed by atoms with Gasteiger partial charge in [-0.2, -0.15) is 0 Å². The molecule has 0 spiro atoms. The fourth-order valence-electron chi connectivity index (χ4n) is 2.94. The van der Waals surface area contributed by atoms with Crippen LogP contribution in [0, 0.1) is 0 Å². The number of hydrogen-bond donors (Lipinski definition) is 2. The lowest BCUT2D eigenvalue weighted by Crippen LogP contribution is -2.47. The van der Waals surface area contributed by atoms with Gasteiger partial charge < -0.3 is 15.3 Å². The van der Waals surface area contributed by atoms with E-state index in [4.69, 9.17) is 0 Å². The van der Waals surface area contributed by atoms with E-state index in [1.54, 1.807) is 0 Å². The Kier molecular flexibility index (Phi) is 5.65. The van der Waals surface area contributed by atoms with Crippen molar-refractivity contribution in [1.29, 1.82) is 0 Å². The lowest BCUT2D eigenvalue weighted by atomic mass is 9.90. The van der Waals surface area contributed by atoms with E-state index in [-0.39, 0.29) is 0 Å². The quantitative estimate of drug-likeness (QED) is 0.848. The van der Waals surface area contributed by atoms with Crippen molar-refractivity contribution in [3.8, 4) is 0 Å². The van der Waals surface area contributed by atoms with Gasteiger partial charge in [0.1, 0.15) is 5.54 Å². The van der Waals surface area contributed by atoms with Crippen molar-refractivity contribution in [2.75, 3.05) is 25.0 Å². The monoisotopic (exact) mass is 354 g/mol. The highest BCUT2D eigenvalue weighted by molar-refractivity contribution is 9.10. The fraction of sp³-hybridized carbons (Fsp3) is 0.562. The Labute approximate surface area is 134 Å². The Morgan fingerprint density at radius 2 is 2.14 bits per heavy atom. The first-order valence-corrected chi connectivity index (χ1v) is 8.35. The van der Waals surface area contributed by atoms with Gasteiger partial charge >= 0.3 is 5.97 Å². The van der Waals surface area contributed by atoms with Crippen LogP contribution in [0.15, 0.2) is 28.7 Å². The predicted octanol–water partition coefficient (Wildman–Crippen LogP) is 3.58. The summed E-state index contributed by atoms with van der Waals surface area (Å²) in [6, 6.07) is 7.70. The molecule has 1 heterocycles. The predicted molar refractivity (Wildman–Crippen MR) is 88.7 cm³/mol. The van der Waals surface area contributed by atoms with Crippen molar-refractivity contribution in [3.63, 3.8) is 0 Å². The highest BCUT2D eigenvalue weighted by atomic mass is 79.9. The van der Waals surface area contributed by atoms with Crippen LogP contribution in [0.5, 0.6) is 0 Å². The van der Waals surface area contributed by atoms with E-state index >= 15 is 0 Å². The molecule has 0 aliphatic carbocycles. The highest BCUT2D eigenvalue weighted by Gasteiger charge is 2.40. The lowest BCUT2D eigenvalue weighted by molar-refractivity contribution is -0.142. The van der Waals surface area contributed by atoms with Crippen molar-refractivity contribution in [1.82, 2.24) is 4.90 Å². The Hall–Kier alpha value is -1.07. The van der Waals surface area contributed by atoms with E-state index in [0.29, 0.717) is 12.8 Å². The van der Waals surface area contributed by atoms with Crippen molar-refractivity contribution < 1.29 is 9.90 Å². The highest BCUT2D eigenvalue weighted by Crippen LogP contribution is 2.31. The lowest BCUT2D eigenvalue weighted by Gasteiger charge is -2.31. The molecule has 1 atom stereocenters. The van der Waals surface area contributed by atoms with Gasteiger partial charge in [-0.15, -0.1) is 0 Å². The zero-order chi connectivity index (χ0) is 15.3. The third-order valence-corrected chi connectivity index (χ3v) is 4.82. The number of aliphatic carboxylic acids is 1. The first-order chi connectivity index (χ1) is 10.1. The summed E-state index contributed by atoms with van der Waals surface area (Å²) in [5, 5.41) is 13.1. The Balaban J connectivity index is 2.17. The van der Waals surface area contributed by atoms with E-state index < -0.39 is 11.5 Å². The normalized spacial score (nSPS) is 23.5. The molecule has 5 heteroatoms. The van der Waals surface area contributed by atoms with Crippen LogP contribution in [-0.2, 0) is 4.79 Å².